The van der Waals surface area contributed by atoms with Gasteiger partial charge in [-0.1, -0.05) is 30.3 Å². The summed E-state index contributed by atoms with van der Waals surface area (Å²) in [6.07, 6.45) is 6.90. The van der Waals surface area contributed by atoms with Crippen LogP contribution >= 0.6 is 0 Å². The minimum Gasteiger partial charge on any atom is -0.345 e. The first-order valence-electron chi connectivity index (χ1n) is 6.40. The molecule has 1 aromatic carbocycles. The summed E-state index contributed by atoms with van der Waals surface area (Å²) in [5.74, 6) is 0. The summed E-state index contributed by atoms with van der Waals surface area (Å²) in [6, 6.07) is 8.54. The van der Waals surface area contributed by atoms with E-state index in [0.717, 1.165) is 23.1 Å². The van der Waals surface area contributed by atoms with E-state index in [1.807, 2.05) is 13.1 Å². The van der Waals surface area contributed by atoms with Crippen LogP contribution in [0.5, 0.6) is 0 Å². The van der Waals surface area contributed by atoms with Crippen molar-refractivity contribution in [3.05, 3.63) is 59.2 Å². The summed E-state index contributed by atoms with van der Waals surface area (Å²) in [6.45, 7) is 2.03. The Bertz CT molecular complexity index is 812. The molecule has 0 bridgehead atoms. The van der Waals surface area contributed by atoms with Crippen molar-refractivity contribution in [1.29, 1.82) is 0 Å². The number of aryl methyl sites for hydroxylation is 1. The number of nitrogens with zero attached hydrogens (tertiary/aromatic N) is 2. The summed E-state index contributed by atoms with van der Waals surface area (Å²) in [7, 11) is 0. The van der Waals surface area contributed by atoms with E-state index in [-0.39, 0.29) is 0 Å². The Morgan fingerprint density at radius 2 is 2.05 bits per heavy atom. The van der Waals surface area contributed by atoms with Crippen LogP contribution < -0.4 is 0 Å². The smallest absolute Gasteiger partial charge is 0.141 e. The van der Waals surface area contributed by atoms with Crippen molar-refractivity contribution in [2.24, 2.45) is 0 Å². The molecular weight excluding hydrogens is 234 g/mol. The van der Waals surface area contributed by atoms with Crippen molar-refractivity contribution in [2.75, 3.05) is 0 Å². The lowest BCUT2D eigenvalue weighted by Crippen LogP contribution is -1.89. The second-order valence-electron chi connectivity index (χ2n) is 4.93. The van der Waals surface area contributed by atoms with E-state index in [4.69, 9.17) is 0 Å². The highest BCUT2D eigenvalue weighted by Crippen LogP contribution is 2.35. The molecule has 0 saturated heterocycles. The van der Waals surface area contributed by atoms with E-state index < -0.39 is 0 Å². The van der Waals surface area contributed by atoms with Crippen LogP contribution in [-0.4, -0.2) is 15.0 Å². The van der Waals surface area contributed by atoms with E-state index in [9.17, 15) is 0 Å². The fraction of sp³-hybridized carbons (Fsp3) is 0.125. The molecule has 92 valence electrons. The van der Waals surface area contributed by atoms with Gasteiger partial charge < -0.3 is 4.98 Å². The molecule has 2 aromatic heterocycles. The largest absolute Gasteiger partial charge is 0.345 e. The molecule has 0 unspecified atom stereocenters. The van der Waals surface area contributed by atoms with Crippen molar-refractivity contribution in [2.45, 2.75) is 13.3 Å². The third kappa shape index (κ3) is 1.51. The van der Waals surface area contributed by atoms with Gasteiger partial charge in [0.1, 0.15) is 12.0 Å². The third-order valence-electron chi connectivity index (χ3n) is 3.77. The van der Waals surface area contributed by atoms with Gasteiger partial charge in [0.05, 0.1) is 5.69 Å². The maximum Gasteiger partial charge on any atom is 0.141 e. The minimum atomic E-state index is 0.916. The van der Waals surface area contributed by atoms with Gasteiger partial charge in [-0.15, -0.1) is 0 Å². The molecule has 1 N–H and O–H groups in total. The molecule has 0 atom stereocenters. The molecule has 0 radical (unpaired) electrons. The summed E-state index contributed by atoms with van der Waals surface area (Å²) >= 11 is 0. The summed E-state index contributed by atoms with van der Waals surface area (Å²) in [5.41, 5.74) is 7.22. The number of benzene rings is 1. The molecule has 0 spiro atoms. The summed E-state index contributed by atoms with van der Waals surface area (Å²) in [5, 5.41) is 1.14. The Labute approximate surface area is 111 Å². The highest BCUT2D eigenvalue weighted by atomic mass is 14.9. The number of allylic oxidation sites excluding steroid dienone is 1. The molecule has 0 aliphatic heterocycles. The van der Waals surface area contributed by atoms with Crippen LogP contribution in [0.1, 0.15) is 22.4 Å². The first-order valence-corrected chi connectivity index (χ1v) is 6.40. The van der Waals surface area contributed by atoms with Gasteiger partial charge in [-0.3, -0.25) is 0 Å². The van der Waals surface area contributed by atoms with Gasteiger partial charge in [0.15, 0.2) is 0 Å². The topological polar surface area (TPSA) is 41.6 Å². The third-order valence-corrected chi connectivity index (χ3v) is 3.77. The van der Waals surface area contributed by atoms with Crippen LogP contribution in [0, 0.1) is 6.92 Å². The van der Waals surface area contributed by atoms with Gasteiger partial charge in [-0.25, -0.2) is 9.97 Å². The molecule has 1 aliphatic rings. The van der Waals surface area contributed by atoms with Gasteiger partial charge in [-0.2, -0.15) is 0 Å². The molecule has 2 heterocycles. The standard InChI is InChI=1S/C16H13N3/c1-10-15-14(8-17-16(15)19-9-18-10)13-6-11-4-2-3-5-12(11)7-13/h2-6,8-9H,7H2,1H3,(H,17,18,19). The van der Waals surface area contributed by atoms with Crippen molar-refractivity contribution >= 4 is 22.7 Å². The molecule has 3 aromatic rings. The normalized spacial score (nSPS) is 13.6. The number of H-pyrrole nitrogens is 1. The molecule has 0 saturated carbocycles. The van der Waals surface area contributed by atoms with E-state index in [0.29, 0.717) is 0 Å². The SMILES string of the molecule is Cc1ncnc2[nH]cc(C3=Cc4ccccc4C3)c12. The number of rotatable bonds is 1. The lowest BCUT2D eigenvalue weighted by Gasteiger charge is -2.02. The van der Waals surface area contributed by atoms with Crippen LogP contribution in [0.15, 0.2) is 36.8 Å². The Kier molecular flexibility index (Phi) is 2.09. The number of aromatic nitrogens is 3. The molecule has 0 fully saturated rings. The number of fused-ring (bicyclic) bond motifs is 2. The predicted molar refractivity (Wildman–Crippen MR) is 76.6 cm³/mol. The van der Waals surface area contributed by atoms with Crippen molar-refractivity contribution in [3.8, 4) is 0 Å². The Morgan fingerprint density at radius 1 is 1.16 bits per heavy atom. The fourth-order valence-electron chi connectivity index (χ4n) is 2.82. The first kappa shape index (κ1) is 10.5. The molecule has 4 rings (SSSR count). The molecule has 3 heteroatoms. The average molecular weight is 247 g/mol. The number of hydrogen-bond donors (Lipinski definition) is 1. The predicted octanol–water partition coefficient (Wildman–Crippen LogP) is 3.36. The van der Waals surface area contributed by atoms with Crippen LogP contribution in [0.3, 0.4) is 0 Å². The Balaban J connectivity index is 1.90. The number of nitrogens with one attached hydrogen (secondary N) is 1. The first-order chi connectivity index (χ1) is 9.33. The monoisotopic (exact) mass is 247 g/mol. The summed E-state index contributed by atoms with van der Waals surface area (Å²) < 4.78 is 0. The van der Waals surface area contributed by atoms with Crippen molar-refractivity contribution < 1.29 is 0 Å². The fourth-order valence-corrected chi connectivity index (χ4v) is 2.82. The number of hydrogen-bond acceptors (Lipinski definition) is 2. The van der Waals surface area contributed by atoms with Gasteiger partial charge in [0.25, 0.3) is 0 Å². The zero-order chi connectivity index (χ0) is 12.8. The maximum absolute atomic E-state index is 4.30. The quantitative estimate of drug-likeness (QED) is 0.716. The average Bonchev–Trinajstić information content (AvgIpc) is 3.02. The van der Waals surface area contributed by atoms with E-state index in [1.165, 1.54) is 22.3 Å². The van der Waals surface area contributed by atoms with Crippen molar-refractivity contribution in [1.82, 2.24) is 15.0 Å². The van der Waals surface area contributed by atoms with Crippen LogP contribution in [0.25, 0.3) is 22.7 Å². The zero-order valence-electron chi connectivity index (χ0n) is 10.6. The second-order valence-corrected chi connectivity index (χ2v) is 4.93. The number of aromatic amines is 1. The highest BCUT2D eigenvalue weighted by Gasteiger charge is 2.17. The van der Waals surface area contributed by atoms with Crippen LogP contribution in [0.4, 0.5) is 0 Å². The lowest BCUT2D eigenvalue weighted by atomic mass is 10.0. The van der Waals surface area contributed by atoms with Gasteiger partial charge in [-0.05, 0) is 30.0 Å². The molecular formula is C16H13N3. The maximum atomic E-state index is 4.30. The van der Waals surface area contributed by atoms with Gasteiger partial charge in [0.2, 0.25) is 0 Å². The molecule has 3 nitrogen and oxygen atoms in total. The van der Waals surface area contributed by atoms with Crippen LogP contribution in [-0.2, 0) is 6.42 Å². The van der Waals surface area contributed by atoms with Gasteiger partial charge in [0, 0.05) is 17.1 Å². The van der Waals surface area contributed by atoms with Gasteiger partial charge >= 0.3 is 0 Å². The van der Waals surface area contributed by atoms with E-state index in [2.05, 4.69) is 45.3 Å². The lowest BCUT2D eigenvalue weighted by molar-refractivity contribution is 1.14. The minimum absolute atomic E-state index is 0.916. The second kappa shape index (κ2) is 3.79. The zero-order valence-corrected chi connectivity index (χ0v) is 10.6. The van der Waals surface area contributed by atoms with E-state index >= 15 is 0 Å². The van der Waals surface area contributed by atoms with Crippen LogP contribution in [0.2, 0.25) is 0 Å². The highest BCUT2D eigenvalue weighted by molar-refractivity contribution is 5.99. The Hall–Kier alpha value is -2.42. The molecule has 19 heavy (non-hydrogen) atoms. The molecule has 0 amide bonds. The van der Waals surface area contributed by atoms with Crippen molar-refractivity contribution in [3.63, 3.8) is 0 Å². The summed E-state index contributed by atoms with van der Waals surface area (Å²) in [4.78, 5) is 11.8. The van der Waals surface area contributed by atoms with E-state index in [1.54, 1.807) is 6.33 Å². The Morgan fingerprint density at radius 3 is 2.95 bits per heavy atom. The molecule has 1 aliphatic carbocycles.